The lowest BCUT2D eigenvalue weighted by Gasteiger charge is -2.15. The van der Waals surface area contributed by atoms with Gasteiger partial charge in [-0.05, 0) is 54.3 Å². The predicted molar refractivity (Wildman–Crippen MR) is 132 cm³/mol. The first kappa shape index (κ1) is 23.8. The molecule has 0 saturated heterocycles. The molecular weight excluding hydrogens is 418 g/mol. The lowest BCUT2D eigenvalue weighted by atomic mass is 10.0. The van der Waals surface area contributed by atoms with Gasteiger partial charge in [0.25, 0.3) is 5.69 Å². The topological polar surface area (TPSA) is 86.0 Å². The second-order valence-corrected chi connectivity index (χ2v) is 7.96. The van der Waals surface area contributed by atoms with E-state index in [1.807, 2.05) is 24.3 Å². The Kier molecular flexibility index (Phi) is 8.41. The van der Waals surface area contributed by atoms with Crippen molar-refractivity contribution < 1.29 is 14.4 Å². The lowest BCUT2D eigenvalue weighted by molar-refractivity contribution is -0.384. The minimum Gasteiger partial charge on any atom is -0.493 e. The molecule has 0 aromatic heterocycles. The number of nitrogens with one attached hydrogen (secondary N) is 1. The van der Waals surface area contributed by atoms with Crippen LogP contribution >= 0.6 is 0 Å². The third-order valence-electron chi connectivity index (χ3n) is 4.99. The number of ether oxygens (including phenoxy) is 2. The molecule has 0 amide bonds. The molecule has 1 N–H and O–H groups in total. The molecule has 3 aromatic rings. The van der Waals surface area contributed by atoms with Crippen LogP contribution in [0.2, 0.25) is 0 Å². The Morgan fingerprint density at radius 1 is 1.00 bits per heavy atom. The van der Waals surface area contributed by atoms with Crippen LogP contribution in [0.3, 0.4) is 0 Å². The van der Waals surface area contributed by atoms with Crippen molar-refractivity contribution in [2.45, 2.75) is 33.1 Å². The molecule has 0 fully saturated rings. The summed E-state index contributed by atoms with van der Waals surface area (Å²) < 4.78 is 12.0. The summed E-state index contributed by atoms with van der Waals surface area (Å²) in [5.74, 6) is 2.07. The van der Waals surface area contributed by atoms with Crippen LogP contribution in [-0.4, -0.2) is 24.4 Å². The molecule has 7 heteroatoms. The van der Waals surface area contributed by atoms with E-state index in [4.69, 9.17) is 9.47 Å². The second kappa shape index (κ2) is 11.7. The Hall–Kier alpha value is -3.87. The monoisotopic (exact) mass is 447 g/mol. The molecule has 172 valence electrons. The van der Waals surface area contributed by atoms with Gasteiger partial charge in [0.15, 0.2) is 0 Å². The van der Waals surface area contributed by atoms with Crippen LogP contribution in [0.4, 0.5) is 11.4 Å². The van der Waals surface area contributed by atoms with E-state index < -0.39 is 4.92 Å². The van der Waals surface area contributed by atoms with Gasteiger partial charge in [-0.15, -0.1) is 0 Å². The fraction of sp³-hybridized carbons (Fsp3) is 0.269. The van der Waals surface area contributed by atoms with E-state index in [1.54, 1.807) is 18.3 Å². The Labute approximate surface area is 194 Å². The number of hydrogen-bond acceptors (Lipinski definition) is 6. The minimum atomic E-state index is -0.435. The summed E-state index contributed by atoms with van der Waals surface area (Å²) in [7, 11) is 0. The summed E-state index contributed by atoms with van der Waals surface area (Å²) in [6.45, 7) is 7.48. The molecule has 0 heterocycles. The van der Waals surface area contributed by atoms with Crippen LogP contribution in [0.15, 0.2) is 71.8 Å². The number of hydrazone groups is 1. The molecule has 3 aromatic carbocycles. The maximum absolute atomic E-state index is 10.7. The summed E-state index contributed by atoms with van der Waals surface area (Å²) in [6, 6.07) is 20.0. The lowest BCUT2D eigenvalue weighted by Crippen LogP contribution is -2.07. The molecule has 0 aliphatic carbocycles. The Bertz CT molecular complexity index is 1090. The molecule has 0 saturated carbocycles. The van der Waals surface area contributed by atoms with Crippen molar-refractivity contribution in [2.75, 3.05) is 18.6 Å². The van der Waals surface area contributed by atoms with Gasteiger partial charge in [-0.3, -0.25) is 15.5 Å². The number of nitro groups is 1. The number of aryl methyl sites for hydroxylation is 1. The second-order valence-electron chi connectivity index (χ2n) is 7.96. The largest absolute Gasteiger partial charge is 0.493 e. The molecule has 0 aliphatic heterocycles. The first-order valence-electron chi connectivity index (χ1n) is 10.9. The zero-order chi connectivity index (χ0) is 23.6. The predicted octanol–water partition coefficient (Wildman–Crippen LogP) is 6.32. The molecule has 3 rings (SSSR count). The highest BCUT2D eigenvalue weighted by Crippen LogP contribution is 2.27. The molecule has 7 nitrogen and oxygen atoms in total. The van der Waals surface area contributed by atoms with Gasteiger partial charge in [-0.1, -0.05) is 38.1 Å². The van der Waals surface area contributed by atoms with Crippen molar-refractivity contribution in [2.24, 2.45) is 5.10 Å². The van der Waals surface area contributed by atoms with E-state index in [-0.39, 0.29) is 5.69 Å². The van der Waals surface area contributed by atoms with Crippen LogP contribution in [0, 0.1) is 17.0 Å². The fourth-order valence-corrected chi connectivity index (χ4v) is 3.22. The van der Waals surface area contributed by atoms with Crippen molar-refractivity contribution in [1.29, 1.82) is 0 Å². The highest BCUT2D eigenvalue weighted by Gasteiger charge is 2.08. The fourth-order valence-electron chi connectivity index (χ4n) is 3.22. The summed E-state index contributed by atoms with van der Waals surface area (Å²) in [4.78, 5) is 10.3. The maximum atomic E-state index is 10.7. The van der Waals surface area contributed by atoms with Crippen LogP contribution in [0.5, 0.6) is 11.5 Å². The number of hydrogen-bond donors (Lipinski definition) is 1. The highest BCUT2D eigenvalue weighted by atomic mass is 16.6. The van der Waals surface area contributed by atoms with Crippen molar-refractivity contribution >= 4 is 17.6 Å². The normalized spacial score (nSPS) is 11.0. The minimum absolute atomic E-state index is 0.0371. The van der Waals surface area contributed by atoms with Crippen LogP contribution in [-0.2, 0) is 0 Å². The number of nitrogens with zero attached hydrogens (tertiary/aromatic N) is 2. The summed E-state index contributed by atoms with van der Waals surface area (Å²) in [6.07, 6.45) is 2.41. The van der Waals surface area contributed by atoms with Crippen molar-refractivity contribution in [1.82, 2.24) is 0 Å². The zero-order valence-corrected chi connectivity index (χ0v) is 19.2. The van der Waals surface area contributed by atoms with E-state index in [0.29, 0.717) is 24.8 Å². The Morgan fingerprint density at radius 2 is 1.70 bits per heavy atom. The maximum Gasteiger partial charge on any atom is 0.269 e. The summed E-state index contributed by atoms with van der Waals surface area (Å²) in [5.41, 5.74) is 6.79. The van der Waals surface area contributed by atoms with Gasteiger partial charge >= 0.3 is 0 Å². The number of anilines is 1. The third-order valence-corrected chi connectivity index (χ3v) is 4.99. The standard InChI is InChI=1S/C26H29N3O4/c1-19(2)24-14-9-20(3)17-26(24)33-16-6-15-32-25-8-5-4-7-21(25)18-27-28-22-10-12-23(13-11-22)29(30)31/h4-5,7-14,17-19,28H,6,15-16H2,1-3H3/b27-18+. The summed E-state index contributed by atoms with van der Waals surface area (Å²) in [5, 5.41) is 15.0. The number of para-hydroxylation sites is 1. The first-order chi connectivity index (χ1) is 15.9. The third kappa shape index (κ3) is 7.07. The Morgan fingerprint density at radius 3 is 2.39 bits per heavy atom. The average molecular weight is 448 g/mol. The highest BCUT2D eigenvalue weighted by molar-refractivity contribution is 5.84. The summed E-state index contributed by atoms with van der Waals surface area (Å²) >= 11 is 0. The molecule has 33 heavy (non-hydrogen) atoms. The average Bonchev–Trinajstić information content (AvgIpc) is 2.80. The van der Waals surface area contributed by atoms with E-state index in [2.05, 4.69) is 49.5 Å². The number of rotatable bonds is 11. The van der Waals surface area contributed by atoms with Crippen LogP contribution < -0.4 is 14.9 Å². The van der Waals surface area contributed by atoms with E-state index in [0.717, 1.165) is 23.5 Å². The van der Waals surface area contributed by atoms with Crippen LogP contribution in [0.1, 0.15) is 42.9 Å². The van der Waals surface area contributed by atoms with Crippen LogP contribution in [0.25, 0.3) is 0 Å². The van der Waals surface area contributed by atoms with Gasteiger partial charge in [-0.25, -0.2) is 0 Å². The smallest absolute Gasteiger partial charge is 0.269 e. The molecule has 0 unspecified atom stereocenters. The SMILES string of the molecule is Cc1ccc(C(C)C)c(OCCCOc2ccccc2/C=N/Nc2ccc([N+](=O)[O-])cc2)c1. The van der Waals surface area contributed by atoms with Gasteiger partial charge in [0.1, 0.15) is 11.5 Å². The molecule has 0 bridgehead atoms. The van der Waals surface area contributed by atoms with Crippen molar-refractivity contribution in [3.63, 3.8) is 0 Å². The van der Waals surface area contributed by atoms with Gasteiger partial charge in [0, 0.05) is 24.1 Å². The van der Waals surface area contributed by atoms with E-state index in [1.165, 1.54) is 23.3 Å². The molecule has 0 aliphatic rings. The van der Waals surface area contributed by atoms with Crippen molar-refractivity contribution in [3.05, 3.63) is 93.5 Å². The Balaban J connectivity index is 1.50. The van der Waals surface area contributed by atoms with Gasteiger partial charge in [-0.2, -0.15) is 5.10 Å². The van der Waals surface area contributed by atoms with E-state index >= 15 is 0 Å². The van der Waals surface area contributed by atoms with Gasteiger partial charge < -0.3 is 9.47 Å². The van der Waals surface area contributed by atoms with Gasteiger partial charge in [0.05, 0.1) is 30.0 Å². The first-order valence-corrected chi connectivity index (χ1v) is 10.9. The quantitative estimate of drug-likeness (QED) is 0.161. The number of benzene rings is 3. The van der Waals surface area contributed by atoms with E-state index in [9.17, 15) is 10.1 Å². The molecule has 0 radical (unpaired) electrons. The molecule has 0 spiro atoms. The number of nitro benzene ring substituents is 1. The van der Waals surface area contributed by atoms with Gasteiger partial charge in [0.2, 0.25) is 0 Å². The van der Waals surface area contributed by atoms with Crippen molar-refractivity contribution in [3.8, 4) is 11.5 Å². The molecular formula is C26H29N3O4. The number of non-ortho nitro benzene ring substituents is 1. The molecule has 0 atom stereocenters. The zero-order valence-electron chi connectivity index (χ0n) is 19.2.